The fourth-order valence-electron chi connectivity index (χ4n) is 7.30. The van der Waals surface area contributed by atoms with Crippen LogP contribution in [0.15, 0.2) is 180 Å². The van der Waals surface area contributed by atoms with Crippen LogP contribution in [0.5, 0.6) is 0 Å². The molecule has 2 nitrogen and oxygen atoms in total. The van der Waals surface area contributed by atoms with Crippen LogP contribution in [-0.2, 0) is 0 Å². The van der Waals surface area contributed by atoms with Crippen molar-refractivity contribution in [2.45, 2.75) is 0 Å². The van der Waals surface area contributed by atoms with Crippen molar-refractivity contribution >= 4 is 81.3 Å². The molecule has 0 fully saturated rings. The monoisotopic (exact) mass is 643 g/mol. The Morgan fingerprint density at radius 3 is 1.88 bits per heavy atom. The lowest BCUT2D eigenvalue weighted by atomic mass is 10.0. The summed E-state index contributed by atoms with van der Waals surface area (Å²) in [5, 5.41) is 7.23. The Morgan fingerprint density at radius 1 is 0.408 bits per heavy atom. The predicted octanol–water partition coefficient (Wildman–Crippen LogP) is 13.9. The first-order valence-corrected chi connectivity index (χ1v) is 17.4. The first-order valence-electron chi connectivity index (χ1n) is 16.6. The lowest BCUT2D eigenvalue weighted by Gasteiger charge is -2.27. The molecule has 3 heteroatoms. The first-order chi connectivity index (χ1) is 24.3. The number of furan rings is 1. The van der Waals surface area contributed by atoms with Crippen LogP contribution in [0.3, 0.4) is 0 Å². The van der Waals surface area contributed by atoms with Crippen molar-refractivity contribution in [1.82, 2.24) is 0 Å². The minimum Gasteiger partial charge on any atom is -0.456 e. The van der Waals surface area contributed by atoms with E-state index in [-0.39, 0.29) is 0 Å². The summed E-state index contributed by atoms with van der Waals surface area (Å²) in [7, 11) is 0. The number of nitrogens with zero attached hydrogens (tertiary/aromatic N) is 1. The van der Waals surface area contributed by atoms with E-state index in [0.717, 1.165) is 44.4 Å². The normalized spacial score (nSPS) is 11.7. The van der Waals surface area contributed by atoms with Crippen molar-refractivity contribution in [1.29, 1.82) is 0 Å². The Hall–Kier alpha value is -6.16. The van der Waals surface area contributed by atoms with E-state index in [1.807, 2.05) is 23.5 Å². The van der Waals surface area contributed by atoms with Crippen LogP contribution in [0.2, 0.25) is 0 Å². The number of fused-ring (bicyclic) bond motifs is 7. The van der Waals surface area contributed by atoms with Gasteiger partial charge in [0.25, 0.3) is 0 Å². The molecule has 0 bridgehead atoms. The molecule has 0 saturated carbocycles. The average molecular weight is 644 g/mol. The van der Waals surface area contributed by atoms with Gasteiger partial charge in [-0.3, -0.25) is 0 Å². The zero-order chi connectivity index (χ0) is 32.3. The quantitative estimate of drug-likeness (QED) is 0.186. The highest BCUT2D eigenvalue weighted by molar-refractivity contribution is 7.26. The predicted molar refractivity (Wildman–Crippen MR) is 210 cm³/mol. The van der Waals surface area contributed by atoms with Crippen LogP contribution < -0.4 is 4.90 Å². The maximum atomic E-state index is 6.38. The molecule has 8 aromatic carbocycles. The smallest absolute Gasteiger partial charge is 0.136 e. The van der Waals surface area contributed by atoms with Crippen LogP contribution >= 0.6 is 11.3 Å². The average Bonchev–Trinajstić information content (AvgIpc) is 3.73. The van der Waals surface area contributed by atoms with Gasteiger partial charge in [-0.05, 0) is 82.2 Å². The molecule has 2 aromatic heterocycles. The molecule has 10 aromatic rings. The molecule has 0 saturated heterocycles. The molecule has 0 aliphatic carbocycles. The third-order valence-electron chi connectivity index (χ3n) is 9.67. The standard InChI is InChI=1S/C46H29NOS/c1-2-10-30(11-3-1)31-20-24-34(25-21-31)47(42-17-8-12-33-28-41-37-13-4-6-18-43(37)48-44(41)29-40(33)42)35-26-22-32(23-27-35)36-15-9-16-39-38-14-5-7-19-45(38)49-46(36)39/h1-29H. The summed E-state index contributed by atoms with van der Waals surface area (Å²) in [6, 6.07) is 63.2. The lowest BCUT2D eigenvalue weighted by Crippen LogP contribution is -2.10. The number of hydrogen-bond acceptors (Lipinski definition) is 3. The van der Waals surface area contributed by atoms with Crippen LogP contribution in [0, 0.1) is 0 Å². The highest BCUT2D eigenvalue weighted by atomic mass is 32.1. The van der Waals surface area contributed by atoms with Crippen LogP contribution in [-0.4, -0.2) is 0 Å². The zero-order valence-corrected chi connectivity index (χ0v) is 27.3. The highest BCUT2D eigenvalue weighted by Gasteiger charge is 2.18. The molecular weight excluding hydrogens is 615 g/mol. The van der Waals surface area contributed by atoms with Crippen molar-refractivity contribution in [3.63, 3.8) is 0 Å². The fraction of sp³-hybridized carbons (Fsp3) is 0. The van der Waals surface area contributed by atoms with Gasteiger partial charge in [0.2, 0.25) is 0 Å². The van der Waals surface area contributed by atoms with Gasteiger partial charge in [0.15, 0.2) is 0 Å². The largest absolute Gasteiger partial charge is 0.456 e. The third-order valence-corrected chi connectivity index (χ3v) is 10.9. The minimum absolute atomic E-state index is 0.896. The Kier molecular flexibility index (Phi) is 6.39. The Bertz CT molecular complexity index is 2810. The fourth-order valence-corrected chi connectivity index (χ4v) is 8.54. The van der Waals surface area contributed by atoms with E-state index in [9.17, 15) is 0 Å². The molecule has 49 heavy (non-hydrogen) atoms. The summed E-state index contributed by atoms with van der Waals surface area (Å²) in [5.41, 5.74) is 9.97. The summed E-state index contributed by atoms with van der Waals surface area (Å²) in [5.74, 6) is 0. The first kappa shape index (κ1) is 27.9. The maximum Gasteiger partial charge on any atom is 0.136 e. The van der Waals surface area contributed by atoms with Crippen molar-refractivity contribution in [2.24, 2.45) is 0 Å². The van der Waals surface area contributed by atoms with E-state index in [1.165, 1.54) is 47.8 Å². The van der Waals surface area contributed by atoms with Gasteiger partial charge in [0.05, 0.1) is 5.69 Å². The van der Waals surface area contributed by atoms with E-state index < -0.39 is 0 Å². The van der Waals surface area contributed by atoms with Gasteiger partial charge < -0.3 is 9.32 Å². The Labute approximate surface area is 287 Å². The van der Waals surface area contributed by atoms with Crippen LogP contribution in [0.1, 0.15) is 0 Å². The molecule has 0 atom stereocenters. The zero-order valence-electron chi connectivity index (χ0n) is 26.5. The number of rotatable bonds is 5. The molecule has 2 heterocycles. The SMILES string of the molecule is c1ccc(-c2ccc(N(c3ccc(-c4cccc5c4sc4ccccc45)cc3)c3cccc4cc5c(cc34)oc3ccccc35)cc2)cc1. The van der Waals surface area contributed by atoms with Gasteiger partial charge in [-0.25, -0.2) is 0 Å². The number of benzene rings is 8. The van der Waals surface area contributed by atoms with E-state index in [2.05, 4.69) is 169 Å². The van der Waals surface area contributed by atoms with Crippen molar-refractivity contribution < 1.29 is 4.42 Å². The summed E-state index contributed by atoms with van der Waals surface area (Å²) < 4.78 is 9.02. The third kappa shape index (κ3) is 4.62. The van der Waals surface area contributed by atoms with E-state index >= 15 is 0 Å². The molecule has 10 rings (SSSR count). The van der Waals surface area contributed by atoms with Crippen molar-refractivity contribution in [2.75, 3.05) is 4.90 Å². The molecule has 0 amide bonds. The second-order valence-corrected chi connectivity index (χ2v) is 13.6. The topological polar surface area (TPSA) is 16.4 Å². The van der Waals surface area contributed by atoms with Gasteiger partial charge in [-0.15, -0.1) is 11.3 Å². The molecule has 0 aliphatic heterocycles. The molecule has 230 valence electrons. The highest BCUT2D eigenvalue weighted by Crippen LogP contribution is 2.44. The maximum absolute atomic E-state index is 6.38. The van der Waals surface area contributed by atoms with Gasteiger partial charge in [0.1, 0.15) is 11.2 Å². The number of para-hydroxylation sites is 1. The molecule has 0 spiro atoms. The van der Waals surface area contributed by atoms with Crippen LogP contribution in [0.25, 0.3) is 75.1 Å². The van der Waals surface area contributed by atoms with Crippen molar-refractivity contribution in [3.8, 4) is 22.3 Å². The second-order valence-electron chi connectivity index (χ2n) is 12.5. The van der Waals surface area contributed by atoms with Gasteiger partial charge in [0, 0.05) is 47.7 Å². The van der Waals surface area contributed by atoms with Crippen molar-refractivity contribution in [3.05, 3.63) is 176 Å². The molecular formula is C46H29NOS. The summed E-state index contributed by atoms with van der Waals surface area (Å²) in [6.07, 6.45) is 0. The van der Waals surface area contributed by atoms with E-state index in [0.29, 0.717) is 0 Å². The molecule has 0 unspecified atom stereocenters. The molecule has 0 radical (unpaired) electrons. The summed E-state index contributed by atoms with van der Waals surface area (Å²) >= 11 is 1.87. The summed E-state index contributed by atoms with van der Waals surface area (Å²) in [4.78, 5) is 2.37. The second kappa shape index (κ2) is 11.2. The van der Waals surface area contributed by atoms with Gasteiger partial charge >= 0.3 is 0 Å². The summed E-state index contributed by atoms with van der Waals surface area (Å²) in [6.45, 7) is 0. The lowest BCUT2D eigenvalue weighted by molar-refractivity contribution is 0.669. The Morgan fingerprint density at radius 2 is 1.06 bits per heavy atom. The molecule has 0 aliphatic rings. The van der Waals surface area contributed by atoms with Gasteiger partial charge in [-0.1, -0.05) is 121 Å². The Balaban J connectivity index is 1.14. The van der Waals surface area contributed by atoms with E-state index in [4.69, 9.17) is 4.42 Å². The number of hydrogen-bond donors (Lipinski definition) is 0. The van der Waals surface area contributed by atoms with Gasteiger partial charge in [-0.2, -0.15) is 0 Å². The molecule has 0 N–H and O–H groups in total. The number of thiophene rings is 1. The minimum atomic E-state index is 0.896. The number of anilines is 3. The van der Waals surface area contributed by atoms with Crippen LogP contribution in [0.4, 0.5) is 17.1 Å². The van der Waals surface area contributed by atoms with E-state index in [1.54, 1.807) is 0 Å².